The third kappa shape index (κ3) is 4.07. The van der Waals surface area contributed by atoms with Crippen LogP contribution in [0, 0.1) is 0 Å². The normalized spacial score (nSPS) is 13.1. The smallest absolute Gasteiger partial charge is 0.381 e. The third-order valence-electron chi connectivity index (χ3n) is 2.18. The van der Waals surface area contributed by atoms with Gasteiger partial charge in [-0.25, -0.2) is 13.6 Å². The number of alkyl halides is 8. The van der Waals surface area contributed by atoms with Gasteiger partial charge in [0, 0.05) is 18.0 Å². The minimum atomic E-state index is -6.52. The summed E-state index contributed by atoms with van der Waals surface area (Å²) in [5, 5.41) is 10.1. The molecule has 0 spiro atoms. The van der Waals surface area contributed by atoms with E-state index in [2.05, 4.69) is 11.3 Å². The van der Waals surface area contributed by atoms with Crippen LogP contribution in [0.1, 0.15) is 6.42 Å². The Kier molecular flexibility index (Phi) is 5.93. The van der Waals surface area contributed by atoms with E-state index in [0.29, 0.717) is 0 Å². The predicted octanol–water partition coefficient (Wildman–Crippen LogP) is 1.40. The quantitative estimate of drug-likeness (QED) is 0.380. The summed E-state index contributed by atoms with van der Waals surface area (Å²) < 4.78 is 103. The molecule has 0 rings (SSSR count). The summed E-state index contributed by atoms with van der Waals surface area (Å²) in [5.74, 6) is -22.6. The van der Waals surface area contributed by atoms with E-state index in [-0.39, 0.29) is 0 Å². The molecule has 0 amide bonds. The first kappa shape index (κ1) is 20.1. The van der Waals surface area contributed by atoms with Crippen LogP contribution in [0.3, 0.4) is 0 Å². The number of carboxylic acid groups (broad SMARTS) is 1. The van der Waals surface area contributed by atoms with Crippen LogP contribution in [0.4, 0.5) is 35.1 Å². The van der Waals surface area contributed by atoms with E-state index in [1.807, 2.05) is 0 Å². The second kappa shape index (κ2) is 6.48. The van der Waals surface area contributed by atoms with E-state index in [4.69, 9.17) is 0 Å². The molecule has 0 fully saturated rings. The van der Waals surface area contributed by atoms with Gasteiger partial charge in [-0.05, 0) is 0 Å². The first-order chi connectivity index (χ1) is 9.66. The minimum absolute atomic E-state index is 1.00. The van der Waals surface area contributed by atoms with Crippen molar-refractivity contribution in [2.75, 3.05) is 6.61 Å². The Morgan fingerprint density at radius 2 is 1.55 bits per heavy atom. The van der Waals surface area contributed by atoms with Gasteiger partial charge in [0.05, 0.1) is 0 Å². The number of carbonyl (C=O) groups excluding carboxylic acids is 2. The number of carbonyl (C=O) groups is 2. The molecule has 0 N–H and O–H groups in total. The molecule has 128 valence electrons. The summed E-state index contributed by atoms with van der Waals surface area (Å²) in [5.41, 5.74) is -1.00. The van der Waals surface area contributed by atoms with Crippen molar-refractivity contribution in [2.45, 2.75) is 30.6 Å². The third-order valence-corrected chi connectivity index (χ3v) is 2.18. The van der Waals surface area contributed by atoms with Crippen molar-refractivity contribution >= 4 is 11.9 Å². The SMILES string of the molecule is C=C(CC(=O)[O-])C(=O)OCC(F)(F)C(F)(F)C(F)(F)C(F)F. The fourth-order valence-corrected chi connectivity index (χ4v) is 0.976. The molecule has 0 radical (unpaired) electrons. The maximum atomic E-state index is 12.9. The number of aliphatic carboxylic acids is 1. The van der Waals surface area contributed by atoms with Crippen molar-refractivity contribution in [2.24, 2.45) is 0 Å². The zero-order valence-electron chi connectivity index (χ0n) is 10.4. The maximum Gasteiger partial charge on any atom is 0.381 e. The lowest BCUT2D eigenvalue weighted by molar-refractivity contribution is -0.344. The van der Waals surface area contributed by atoms with Crippen molar-refractivity contribution in [3.8, 4) is 0 Å². The molecule has 0 atom stereocenters. The average Bonchev–Trinajstić information content (AvgIpc) is 2.34. The highest BCUT2D eigenvalue weighted by Gasteiger charge is 2.75. The zero-order valence-corrected chi connectivity index (χ0v) is 10.4. The van der Waals surface area contributed by atoms with Crippen molar-refractivity contribution in [1.82, 2.24) is 0 Å². The van der Waals surface area contributed by atoms with Gasteiger partial charge in [0.2, 0.25) is 0 Å². The second-order valence-electron chi connectivity index (χ2n) is 3.93. The molecule has 0 unspecified atom stereocenters. The molecule has 0 heterocycles. The zero-order chi connectivity index (χ0) is 17.9. The lowest BCUT2D eigenvalue weighted by atomic mass is 10.1. The Morgan fingerprint density at radius 1 is 1.09 bits per heavy atom. The molecule has 0 bridgehead atoms. The van der Waals surface area contributed by atoms with Gasteiger partial charge in [0.25, 0.3) is 0 Å². The molecule has 0 aliphatic carbocycles. The molecule has 0 saturated carbocycles. The van der Waals surface area contributed by atoms with Gasteiger partial charge in [-0.2, -0.15) is 26.3 Å². The van der Waals surface area contributed by atoms with E-state index in [1.165, 1.54) is 0 Å². The lowest BCUT2D eigenvalue weighted by Gasteiger charge is -2.31. The first-order valence-corrected chi connectivity index (χ1v) is 5.13. The molecule has 0 aromatic heterocycles. The Bertz CT molecular complexity index is 460. The molecule has 22 heavy (non-hydrogen) atoms. The molecule has 0 saturated heterocycles. The predicted molar refractivity (Wildman–Crippen MR) is 50.6 cm³/mol. The molecule has 0 aromatic carbocycles. The molecule has 12 heteroatoms. The van der Waals surface area contributed by atoms with Crippen LogP contribution in [-0.2, 0) is 14.3 Å². The van der Waals surface area contributed by atoms with Gasteiger partial charge in [-0.1, -0.05) is 6.58 Å². The Morgan fingerprint density at radius 3 is 1.91 bits per heavy atom. The van der Waals surface area contributed by atoms with Crippen LogP contribution in [0.25, 0.3) is 0 Å². The standard InChI is InChI=1S/C10H8F8O4/c1-4(2-5(19)20)6(21)22-3-8(13,14)10(17,18)9(15,16)7(11)12/h7H,1-3H2,(H,19,20)/p-1. The fraction of sp³-hybridized carbons (Fsp3) is 0.600. The number of ether oxygens (including phenoxy) is 1. The summed E-state index contributed by atoms with van der Waals surface area (Å²) in [6, 6.07) is 0. The van der Waals surface area contributed by atoms with Crippen molar-refractivity contribution in [1.29, 1.82) is 0 Å². The molecule has 4 nitrogen and oxygen atoms in total. The van der Waals surface area contributed by atoms with Crippen LogP contribution < -0.4 is 5.11 Å². The highest BCUT2D eigenvalue weighted by Crippen LogP contribution is 2.48. The molecule has 0 aliphatic heterocycles. The summed E-state index contributed by atoms with van der Waals surface area (Å²) in [6.07, 6.45) is -6.30. The van der Waals surface area contributed by atoms with Crippen LogP contribution in [0.15, 0.2) is 12.2 Å². The number of hydrogen-bond donors (Lipinski definition) is 0. The van der Waals surface area contributed by atoms with Gasteiger partial charge in [0.1, 0.15) is 0 Å². The second-order valence-corrected chi connectivity index (χ2v) is 3.93. The number of carboxylic acids is 1. The molecular weight excluding hydrogens is 336 g/mol. The van der Waals surface area contributed by atoms with Crippen molar-refractivity contribution in [3.63, 3.8) is 0 Å². The van der Waals surface area contributed by atoms with Crippen LogP contribution in [0.5, 0.6) is 0 Å². The molecular formula is C10H7F8O4-. The Balaban J connectivity index is 5.01. The summed E-state index contributed by atoms with van der Waals surface area (Å²) in [7, 11) is 0. The fourth-order valence-electron chi connectivity index (χ4n) is 0.976. The van der Waals surface area contributed by atoms with Gasteiger partial charge < -0.3 is 14.6 Å². The van der Waals surface area contributed by atoms with E-state index in [0.717, 1.165) is 0 Å². The van der Waals surface area contributed by atoms with Crippen LogP contribution in [-0.4, -0.2) is 42.7 Å². The van der Waals surface area contributed by atoms with Crippen molar-refractivity contribution in [3.05, 3.63) is 12.2 Å². The highest BCUT2D eigenvalue weighted by molar-refractivity contribution is 5.92. The Hall–Kier alpha value is -1.88. The summed E-state index contributed by atoms with van der Waals surface area (Å²) >= 11 is 0. The summed E-state index contributed by atoms with van der Waals surface area (Å²) in [4.78, 5) is 21.0. The van der Waals surface area contributed by atoms with E-state index in [1.54, 1.807) is 0 Å². The van der Waals surface area contributed by atoms with Gasteiger partial charge >= 0.3 is 30.2 Å². The summed E-state index contributed by atoms with van der Waals surface area (Å²) in [6.45, 7) is 0.0514. The van der Waals surface area contributed by atoms with Gasteiger partial charge in [0.15, 0.2) is 6.61 Å². The average molecular weight is 343 g/mol. The Labute approximate surface area is 117 Å². The maximum absolute atomic E-state index is 12.9. The largest absolute Gasteiger partial charge is 0.550 e. The van der Waals surface area contributed by atoms with Gasteiger partial charge in [-0.3, -0.25) is 0 Å². The number of esters is 1. The van der Waals surface area contributed by atoms with E-state index < -0.39 is 54.7 Å². The van der Waals surface area contributed by atoms with E-state index in [9.17, 15) is 49.8 Å². The minimum Gasteiger partial charge on any atom is -0.550 e. The molecule has 0 aliphatic rings. The van der Waals surface area contributed by atoms with Crippen LogP contribution >= 0.6 is 0 Å². The highest BCUT2D eigenvalue weighted by atomic mass is 19.4. The van der Waals surface area contributed by atoms with Gasteiger partial charge in [-0.15, -0.1) is 0 Å². The first-order valence-electron chi connectivity index (χ1n) is 5.13. The van der Waals surface area contributed by atoms with E-state index >= 15 is 0 Å². The van der Waals surface area contributed by atoms with Crippen LogP contribution in [0.2, 0.25) is 0 Å². The number of rotatable bonds is 8. The van der Waals surface area contributed by atoms with Crippen molar-refractivity contribution < 1.29 is 54.6 Å². The molecule has 0 aromatic rings. The lowest BCUT2D eigenvalue weighted by Crippen LogP contribution is -2.59. The monoisotopic (exact) mass is 343 g/mol. The number of hydrogen-bond acceptors (Lipinski definition) is 4. The topological polar surface area (TPSA) is 66.4 Å². The number of halogens is 8.